The van der Waals surface area contributed by atoms with Gasteiger partial charge < -0.3 is 10.3 Å². The highest BCUT2D eigenvalue weighted by molar-refractivity contribution is 5.16. The fourth-order valence-corrected chi connectivity index (χ4v) is 3.32. The molecule has 0 bridgehead atoms. The molecule has 4 nitrogen and oxygen atoms in total. The Bertz CT molecular complexity index is 475. The van der Waals surface area contributed by atoms with Crippen LogP contribution in [0.5, 0.6) is 0 Å². The van der Waals surface area contributed by atoms with Gasteiger partial charge in [0, 0.05) is 17.4 Å². The quantitative estimate of drug-likeness (QED) is 0.890. The molecule has 19 heavy (non-hydrogen) atoms. The molecular weight excluding hydrogens is 238 g/mol. The second-order valence-electron chi connectivity index (χ2n) is 7.42. The number of aromatic nitrogens is 2. The standard InChI is InChI=1S/C15H25N3O/c1-9-11(16)6-5-10(14(9,2)3)12-17-13(18-19-12)15(4)7-8-15/h9-11H,5-8,16H2,1-4H3. The van der Waals surface area contributed by atoms with Crippen molar-refractivity contribution in [3.63, 3.8) is 0 Å². The molecule has 1 aromatic rings. The van der Waals surface area contributed by atoms with Crippen LogP contribution in [0.2, 0.25) is 0 Å². The SMILES string of the molecule is CC1C(N)CCC(c2nc(C3(C)CC3)no2)C1(C)C. The minimum atomic E-state index is 0.117. The molecule has 0 saturated heterocycles. The van der Waals surface area contributed by atoms with Gasteiger partial charge in [0.05, 0.1) is 0 Å². The van der Waals surface area contributed by atoms with E-state index < -0.39 is 0 Å². The summed E-state index contributed by atoms with van der Waals surface area (Å²) in [4.78, 5) is 4.70. The maximum Gasteiger partial charge on any atom is 0.230 e. The van der Waals surface area contributed by atoms with E-state index in [0.29, 0.717) is 11.8 Å². The highest BCUT2D eigenvalue weighted by Crippen LogP contribution is 2.51. The molecule has 1 heterocycles. The molecule has 0 aliphatic heterocycles. The van der Waals surface area contributed by atoms with Crippen LogP contribution in [0.15, 0.2) is 4.52 Å². The van der Waals surface area contributed by atoms with Gasteiger partial charge in [0.2, 0.25) is 5.89 Å². The topological polar surface area (TPSA) is 64.9 Å². The van der Waals surface area contributed by atoms with E-state index in [1.54, 1.807) is 0 Å². The van der Waals surface area contributed by atoms with Crippen molar-refractivity contribution in [1.29, 1.82) is 0 Å². The van der Waals surface area contributed by atoms with Crippen LogP contribution in [0.3, 0.4) is 0 Å². The largest absolute Gasteiger partial charge is 0.339 e. The van der Waals surface area contributed by atoms with Crippen molar-refractivity contribution in [2.45, 2.75) is 70.8 Å². The predicted molar refractivity (Wildman–Crippen MR) is 73.8 cm³/mol. The summed E-state index contributed by atoms with van der Waals surface area (Å²) in [5.74, 6) is 2.54. The molecule has 2 aliphatic rings. The normalized spacial score (nSPS) is 36.2. The minimum absolute atomic E-state index is 0.117. The number of rotatable bonds is 2. The van der Waals surface area contributed by atoms with Gasteiger partial charge in [-0.15, -0.1) is 0 Å². The maximum atomic E-state index is 6.21. The first-order chi connectivity index (χ1) is 8.84. The van der Waals surface area contributed by atoms with Gasteiger partial charge in [-0.25, -0.2) is 0 Å². The van der Waals surface area contributed by atoms with Crippen LogP contribution in [-0.2, 0) is 5.41 Å². The van der Waals surface area contributed by atoms with Gasteiger partial charge in [-0.1, -0.05) is 32.9 Å². The van der Waals surface area contributed by atoms with Crippen molar-refractivity contribution in [3.8, 4) is 0 Å². The number of hydrogen-bond acceptors (Lipinski definition) is 4. The van der Waals surface area contributed by atoms with Crippen LogP contribution in [0.1, 0.15) is 71.0 Å². The van der Waals surface area contributed by atoms with Crippen molar-refractivity contribution in [2.24, 2.45) is 17.1 Å². The van der Waals surface area contributed by atoms with Crippen molar-refractivity contribution < 1.29 is 4.52 Å². The summed E-state index contributed by atoms with van der Waals surface area (Å²) in [6, 6.07) is 0.287. The zero-order chi connectivity index (χ0) is 13.8. The fourth-order valence-electron chi connectivity index (χ4n) is 3.32. The summed E-state index contributed by atoms with van der Waals surface area (Å²) in [5.41, 5.74) is 6.51. The Labute approximate surface area is 115 Å². The maximum absolute atomic E-state index is 6.21. The minimum Gasteiger partial charge on any atom is -0.339 e. The molecular formula is C15H25N3O. The number of nitrogens with zero attached hydrogens (tertiary/aromatic N) is 2. The molecule has 0 amide bonds. The molecule has 3 rings (SSSR count). The summed E-state index contributed by atoms with van der Waals surface area (Å²) < 4.78 is 5.59. The summed E-state index contributed by atoms with van der Waals surface area (Å²) in [7, 11) is 0. The summed E-state index contributed by atoms with van der Waals surface area (Å²) in [5, 5.41) is 4.22. The van der Waals surface area contributed by atoms with Crippen LogP contribution in [-0.4, -0.2) is 16.2 Å². The second kappa shape index (κ2) is 4.05. The highest BCUT2D eigenvalue weighted by atomic mass is 16.5. The molecule has 106 valence electrons. The van der Waals surface area contributed by atoms with Gasteiger partial charge in [-0.3, -0.25) is 0 Å². The van der Waals surface area contributed by atoms with Crippen molar-refractivity contribution in [2.75, 3.05) is 0 Å². The van der Waals surface area contributed by atoms with Gasteiger partial charge in [-0.2, -0.15) is 4.98 Å². The molecule has 3 atom stereocenters. The van der Waals surface area contributed by atoms with Gasteiger partial charge >= 0.3 is 0 Å². The molecule has 2 aliphatic carbocycles. The van der Waals surface area contributed by atoms with E-state index in [0.717, 1.165) is 24.6 Å². The van der Waals surface area contributed by atoms with E-state index in [2.05, 4.69) is 32.9 Å². The van der Waals surface area contributed by atoms with E-state index in [4.69, 9.17) is 15.2 Å². The number of nitrogens with two attached hydrogens (primary N) is 1. The Morgan fingerprint density at radius 2 is 1.89 bits per heavy atom. The van der Waals surface area contributed by atoms with Crippen LogP contribution >= 0.6 is 0 Å². The van der Waals surface area contributed by atoms with Gasteiger partial charge in [0.25, 0.3) is 0 Å². The van der Waals surface area contributed by atoms with Crippen molar-refractivity contribution >= 4 is 0 Å². The third-order valence-corrected chi connectivity index (χ3v) is 5.78. The van der Waals surface area contributed by atoms with Crippen molar-refractivity contribution in [1.82, 2.24) is 10.1 Å². The highest BCUT2D eigenvalue weighted by Gasteiger charge is 2.47. The molecule has 1 aromatic heterocycles. The van der Waals surface area contributed by atoms with Crippen LogP contribution in [0, 0.1) is 11.3 Å². The summed E-state index contributed by atoms with van der Waals surface area (Å²) in [6.45, 7) is 9.02. The Morgan fingerprint density at radius 3 is 2.53 bits per heavy atom. The average Bonchev–Trinajstić information content (AvgIpc) is 2.91. The van der Waals surface area contributed by atoms with Crippen molar-refractivity contribution in [3.05, 3.63) is 11.7 Å². The Hall–Kier alpha value is -0.900. The molecule has 3 unspecified atom stereocenters. The third kappa shape index (κ3) is 2.00. The predicted octanol–water partition coefficient (Wildman–Crippen LogP) is 2.99. The van der Waals surface area contributed by atoms with E-state index in [9.17, 15) is 0 Å². The van der Waals surface area contributed by atoms with E-state index >= 15 is 0 Å². The zero-order valence-corrected chi connectivity index (χ0v) is 12.4. The van der Waals surface area contributed by atoms with E-state index in [1.807, 2.05) is 0 Å². The molecule has 0 aromatic carbocycles. The third-order valence-electron chi connectivity index (χ3n) is 5.78. The van der Waals surface area contributed by atoms with Crippen LogP contribution < -0.4 is 5.73 Å². The van der Waals surface area contributed by atoms with E-state index in [1.165, 1.54) is 12.8 Å². The smallest absolute Gasteiger partial charge is 0.230 e. The van der Waals surface area contributed by atoms with Crippen LogP contribution in [0.25, 0.3) is 0 Å². The molecule has 0 radical (unpaired) electrons. The number of hydrogen-bond donors (Lipinski definition) is 1. The Kier molecular flexibility index (Phi) is 2.79. The lowest BCUT2D eigenvalue weighted by atomic mass is 9.61. The Balaban J connectivity index is 1.87. The zero-order valence-electron chi connectivity index (χ0n) is 12.4. The summed E-state index contributed by atoms with van der Waals surface area (Å²) >= 11 is 0. The molecule has 0 spiro atoms. The summed E-state index contributed by atoms with van der Waals surface area (Å²) in [6.07, 6.45) is 4.46. The fraction of sp³-hybridized carbons (Fsp3) is 0.867. The van der Waals surface area contributed by atoms with E-state index in [-0.39, 0.29) is 16.9 Å². The second-order valence-corrected chi connectivity index (χ2v) is 7.42. The molecule has 4 heteroatoms. The lowest BCUT2D eigenvalue weighted by Gasteiger charge is -2.45. The van der Waals surface area contributed by atoms with Gasteiger partial charge in [0.1, 0.15) is 0 Å². The first-order valence-corrected chi connectivity index (χ1v) is 7.44. The Morgan fingerprint density at radius 1 is 1.21 bits per heavy atom. The molecule has 2 saturated carbocycles. The first kappa shape index (κ1) is 13.1. The first-order valence-electron chi connectivity index (χ1n) is 7.44. The van der Waals surface area contributed by atoms with Gasteiger partial charge in [0.15, 0.2) is 5.82 Å². The lowest BCUT2D eigenvalue weighted by molar-refractivity contribution is 0.0806. The average molecular weight is 263 g/mol. The molecule has 2 fully saturated rings. The monoisotopic (exact) mass is 263 g/mol. The lowest BCUT2D eigenvalue weighted by Crippen LogP contribution is -2.45. The molecule has 2 N–H and O–H groups in total. The van der Waals surface area contributed by atoms with Gasteiger partial charge in [-0.05, 0) is 37.0 Å². The van der Waals surface area contributed by atoms with Crippen LogP contribution in [0.4, 0.5) is 0 Å².